The Morgan fingerprint density at radius 2 is 1.88 bits per heavy atom. The van der Waals surface area contributed by atoms with E-state index in [2.05, 4.69) is 11.9 Å². The SMILES string of the molecule is C=C(C)/C(=C\C=C(\NC)C(C)CC)C(F)(F)F. The van der Waals surface area contributed by atoms with Crippen molar-refractivity contribution in [2.24, 2.45) is 5.92 Å². The minimum atomic E-state index is -4.35. The molecular weight excluding hydrogens is 227 g/mol. The molecule has 0 rings (SSSR count). The molecule has 0 aliphatic heterocycles. The van der Waals surface area contributed by atoms with Crippen LogP contribution in [0.4, 0.5) is 13.2 Å². The van der Waals surface area contributed by atoms with E-state index in [0.29, 0.717) is 0 Å². The van der Waals surface area contributed by atoms with Crippen molar-refractivity contribution in [3.8, 4) is 0 Å². The van der Waals surface area contributed by atoms with E-state index in [9.17, 15) is 13.2 Å². The van der Waals surface area contributed by atoms with Crippen LogP contribution in [-0.4, -0.2) is 13.2 Å². The maximum absolute atomic E-state index is 12.6. The monoisotopic (exact) mass is 247 g/mol. The van der Waals surface area contributed by atoms with Gasteiger partial charge in [0.25, 0.3) is 0 Å². The number of alkyl halides is 3. The molecule has 0 aromatic heterocycles. The molecule has 0 fully saturated rings. The first-order valence-corrected chi connectivity index (χ1v) is 5.56. The molecule has 0 bridgehead atoms. The molecule has 4 heteroatoms. The highest BCUT2D eigenvalue weighted by molar-refractivity contribution is 5.35. The molecule has 1 atom stereocenters. The highest BCUT2D eigenvalue weighted by Gasteiger charge is 2.33. The van der Waals surface area contributed by atoms with Crippen molar-refractivity contribution in [2.45, 2.75) is 33.4 Å². The summed E-state index contributed by atoms with van der Waals surface area (Å²) in [6.45, 7) is 8.66. The highest BCUT2D eigenvalue weighted by Crippen LogP contribution is 2.30. The average Bonchev–Trinajstić information content (AvgIpc) is 2.20. The Morgan fingerprint density at radius 3 is 2.18 bits per heavy atom. The second kappa shape index (κ2) is 6.52. The van der Waals surface area contributed by atoms with E-state index in [4.69, 9.17) is 0 Å². The maximum Gasteiger partial charge on any atom is 0.416 e. The normalized spacial score (nSPS) is 15.7. The van der Waals surface area contributed by atoms with Gasteiger partial charge in [-0.3, -0.25) is 0 Å². The smallest absolute Gasteiger partial charge is 0.391 e. The lowest BCUT2D eigenvalue weighted by molar-refractivity contribution is -0.0892. The Morgan fingerprint density at radius 1 is 1.35 bits per heavy atom. The molecule has 0 heterocycles. The third kappa shape index (κ3) is 5.11. The summed E-state index contributed by atoms with van der Waals surface area (Å²) in [6, 6.07) is 0. The second-order valence-corrected chi connectivity index (χ2v) is 4.04. The summed E-state index contributed by atoms with van der Waals surface area (Å²) < 4.78 is 37.9. The molecule has 0 radical (unpaired) electrons. The molecule has 0 aromatic carbocycles. The van der Waals surface area contributed by atoms with Crippen molar-refractivity contribution in [3.05, 3.63) is 35.6 Å². The van der Waals surface area contributed by atoms with Crippen LogP contribution >= 0.6 is 0 Å². The molecule has 1 N–H and O–H groups in total. The van der Waals surface area contributed by atoms with E-state index in [-0.39, 0.29) is 11.5 Å². The van der Waals surface area contributed by atoms with Gasteiger partial charge in [-0.1, -0.05) is 20.4 Å². The van der Waals surface area contributed by atoms with Crippen LogP contribution in [-0.2, 0) is 0 Å². The first kappa shape index (κ1) is 15.8. The Bertz CT molecular complexity index is 324. The van der Waals surface area contributed by atoms with Gasteiger partial charge in [0.15, 0.2) is 0 Å². The van der Waals surface area contributed by atoms with Crippen LogP contribution in [0, 0.1) is 5.92 Å². The van der Waals surface area contributed by atoms with Gasteiger partial charge in [-0.2, -0.15) is 13.2 Å². The van der Waals surface area contributed by atoms with Crippen LogP contribution in [0.15, 0.2) is 35.6 Å². The Kier molecular flexibility index (Phi) is 6.07. The molecule has 1 unspecified atom stereocenters. The number of nitrogens with one attached hydrogen (secondary N) is 1. The fourth-order valence-electron chi connectivity index (χ4n) is 1.37. The lowest BCUT2D eigenvalue weighted by Gasteiger charge is -2.14. The summed E-state index contributed by atoms with van der Waals surface area (Å²) in [5.41, 5.74) is 0.123. The van der Waals surface area contributed by atoms with Crippen molar-refractivity contribution in [1.29, 1.82) is 0 Å². The van der Waals surface area contributed by atoms with Gasteiger partial charge < -0.3 is 5.32 Å². The molecule has 98 valence electrons. The summed E-state index contributed by atoms with van der Waals surface area (Å²) in [7, 11) is 1.71. The van der Waals surface area contributed by atoms with Gasteiger partial charge >= 0.3 is 6.18 Å². The predicted molar refractivity (Wildman–Crippen MR) is 65.5 cm³/mol. The summed E-state index contributed by atoms with van der Waals surface area (Å²) in [4.78, 5) is 0. The molecular formula is C13H20F3N. The molecule has 0 spiro atoms. The van der Waals surface area contributed by atoms with E-state index in [0.717, 1.165) is 18.2 Å². The number of hydrogen-bond donors (Lipinski definition) is 1. The fraction of sp³-hybridized carbons (Fsp3) is 0.538. The average molecular weight is 247 g/mol. The van der Waals surface area contributed by atoms with Crippen LogP contribution in [0.1, 0.15) is 27.2 Å². The first-order chi connectivity index (χ1) is 7.73. The molecule has 0 aliphatic rings. The van der Waals surface area contributed by atoms with E-state index in [1.807, 2.05) is 13.8 Å². The lowest BCUT2D eigenvalue weighted by Crippen LogP contribution is -2.15. The van der Waals surface area contributed by atoms with Crippen molar-refractivity contribution in [3.63, 3.8) is 0 Å². The van der Waals surface area contributed by atoms with E-state index in [1.54, 1.807) is 7.05 Å². The molecule has 0 aliphatic carbocycles. The van der Waals surface area contributed by atoms with Gasteiger partial charge in [0.1, 0.15) is 0 Å². The Balaban J connectivity index is 5.21. The summed E-state index contributed by atoms with van der Waals surface area (Å²) in [5, 5.41) is 2.92. The standard InChI is InChI=1S/C13H20F3N/c1-6-10(4)12(17-5)8-7-11(9(2)3)13(14,15)16/h7-8,10,17H,2,6H2,1,3-5H3/b11-7+,12-8+. The fourth-order valence-corrected chi connectivity index (χ4v) is 1.37. The van der Waals surface area contributed by atoms with Crippen LogP contribution in [0.3, 0.4) is 0 Å². The third-order valence-electron chi connectivity index (χ3n) is 2.63. The van der Waals surface area contributed by atoms with Crippen LogP contribution in [0.2, 0.25) is 0 Å². The van der Waals surface area contributed by atoms with Crippen molar-refractivity contribution in [1.82, 2.24) is 5.32 Å². The topological polar surface area (TPSA) is 12.0 Å². The zero-order chi connectivity index (χ0) is 13.6. The molecule has 0 saturated carbocycles. The molecule has 0 amide bonds. The Labute approximate surface area is 101 Å². The van der Waals surface area contributed by atoms with Crippen molar-refractivity contribution < 1.29 is 13.2 Å². The van der Waals surface area contributed by atoms with E-state index >= 15 is 0 Å². The van der Waals surface area contributed by atoms with Gasteiger partial charge in [0.05, 0.1) is 5.57 Å². The van der Waals surface area contributed by atoms with Crippen LogP contribution in [0.5, 0.6) is 0 Å². The maximum atomic E-state index is 12.6. The summed E-state index contributed by atoms with van der Waals surface area (Å²) in [6.07, 6.45) is -0.919. The third-order valence-corrected chi connectivity index (χ3v) is 2.63. The molecule has 0 aromatic rings. The number of hydrogen-bond acceptors (Lipinski definition) is 1. The quantitative estimate of drug-likeness (QED) is 0.718. The second-order valence-electron chi connectivity index (χ2n) is 4.04. The summed E-state index contributed by atoms with van der Waals surface area (Å²) >= 11 is 0. The van der Waals surface area contributed by atoms with Gasteiger partial charge in [-0.15, -0.1) is 0 Å². The molecule has 1 nitrogen and oxygen atoms in total. The minimum absolute atomic E-state index is 0.0216. The number of allylic oxidation sites excluding steroid dienone is 5. The van der Waals surface area contributed by atoms with Gasteiger partial charge in [-0.05, 0) is 37.0 Å². The molecule has 17 heavy (non-hydrogen) atoms. The number of rotatable bonds is 5. The van der Waals surface area contributed by atoms with Gasteiger partial charge in [-0.25, -0.2) is 0 Å². The van der Waals surface area contributed by atoms with Crippen LogP contribution < -0.4 is 5.32 Å². The van der Waals surface area contributed by atoms with Crippen molar-refractivity contribution >= 4 is 0 Å². The van der Waals surface area contributed by atoms with Crippen LogP contribution in [0.25, 0.3) is 0 Å². The Hall–Kier alpha value is -1.19. The van der Waals surface area contributed by atoms with Gasteiger partial charge in [0, 0.05) is 12.7 Å². The number of halogens is 3. The summed E-state index contributed by atoms with van der Waals surface area (Å²) in [5.74, 6) is 0.204. The predicted octanol–water partition coefficient (Wildman–Crippen LogP) is 4.20. The zero-order valence-electron chi connectivity index (χ0n) is 10.8. The van der Waals surface area contributed by atoms with E-state index in [1.165, 1.54) is 13.0 Å². The van der Waals surface area contributed by atoms with Gasteiger partial charge in [0.2, 0.25) is 0 Å². The minimum Gasteiger partial charge on any atom is -0.391 e. The first-order valence-electron chi connectivity index (χ1n) is 5.56. The highest BCUT2D eigenvalue weighted by atomic mass is 19.4. The zero-order valence-corrected chi connectivity index (χ0v) is 10.8. The van der Waals surface area contributed by atoms with E-state index < -0.39 is 11.7 Å². The largest absolute Gasteiger partial charge is 0.416 e. The molecule has 0 saturated heterocycles. The van der Waals surface area contributed by atoms with Crippen molar-refractivity contribution in [2.75, 3.05) is 7.05 Å². The lowest BCUT2D eigenvalue weighted by atomic mass is 10.0.